The number of furan rings is 1. The molecule has 172 valence electrons. The molecule has 0 saturated carbocycles. The molecule has 36 heavy (non-hydrogen) atoms. The van der Waals surface area contributed by atoms with E-state index >= 15 is 4.39 Å². The molecule has 0 saturated heterocycles. The molecule has 0 aliphatic heterocycles. The highest BCUT2D eigenvalue weighted by Crippen LogP contribution is 2.44. The number of halogens is 1. The van der Waals surface area contributed by atoms with Crippen LogP contribution >= 0.6 is 0 Å². The van der Waals surface area contributed by atoms with E-state index in [1.54, 1.807) is 6.07 Å². The van der Waals surface area contributed by atoms with Crippen LogP contribution in [0.5, 0.6) is 0 Å². The summed E-state index contributed by atoms with van der Waals surface area (Å²) in [6, 6.07) is 32.5. The molecule has 0 N–H and O–H groups in total. The van der Waals surface area contributed by atoms with Crippen molar-refractivity contribution >= 4 is 43.5 Å². The van der Waals surface area contributed by atoms with Gasteiger partial charge in [0.1, 0.15) is 24.0 Å². The number of aryl methyl sites for hydroxylation is 2. The molecule has 0 fully saturated rings. The van der Waals surface area contributed by atoms with E-state index in [1.165, 1.54) is 10.8 Å². The molecule has 0 unspecified atom stereocenters. The van der Waals surface area contributed by atoms with E-state index in [9.17, 15) is 0 Å². The van der Waals surface area contributed by atoms with Gasteiger partial charge in [0.15, 0.2) is 6.20 Å². The molecule has 3 heteroatoms. The van der Waals surface area contributed by atoms with Gasteiger partial charge in [-0.2, -0.15) is 0 Å². The fraction of sp³-hybridized carbons (Fsp3) is 0.0606. The van der Waals surface area contributed by atoms with Crippen molar-refractivity contribution in [2.24, 2.45) is 7.05 Å². The van der Waals surface area contributed by atoms with E-state index in [2.05, 4.69) is 78.2 Å². The van der Waals surface area contributed by atoms with Crippen LogP contribution in [0.15, 0.2) is 108 Å². The standard InChI is InChI=1S/C33H23FNO/c1-20-14-15-26-31-28(34)17-16-25(32(31)36-33(26)30(20)29-13-7-8-18-35(29)2)27-19-21-9-3-4-10-22(21)23-11-5-6-12-24(23)27/h3-19H,1-2H3/q+1. The van der Waals surface area contributed by atoms with Crippen LogP contribution in [0.4, 0.5) is 4.39 Å². The molecule has 0 amide bonds. The minimum atomic E-state index is -0.273. The number of rotatable bonds is 2. The third kappa shape index (κ3) is 2.93. The van der Waals surface area contributed by atoms with E-state index in [4.69, 9.17) is 4.42 Å². The molecule has 0 radical (unpaired) electrons. The van der Waals surface area contributed by atoms with Gasteiger partial charge in [-0.25, -0.2) is 8.96 Å². The van der Waals surface area contributed by atoms with Gasteiger partial charge in [-0.05, 0) is 63.9 Å². The van der Waals surface area contributed by atoms with Crippen LogP contribution in [-0.4, -0.2) is 0 Å². The number of pyridine rings is 1. The summed E-state index contributed by atoms with van der Waals surface area (Å²) in [6.07, 6.45) is 2.02. The summed E-state index contributed by atoms with van der Waals surface area (Å²) in [4.78, 5) is 0. The van der Waals surface area contributed by atoms with Gasteiger partial charge in [-0.3, -0.25) is 0 Å². The first-order valence-electron chi connectivity index (χ1n) is 12.1. The average molecular weight is 469 g/mol. The summed E-state index contributed by atoms with van der Waals surface area (Å²) in [5.41, 5.74) is 6.32. The maximum absolute atomic E-state index is 15.5. The fourth-order valence-corrected chi connectivity index (χ4v) is 5.59. The zero-order valence-electron chi connectivity index (χ0n) is 20.0. The smallest absolute Gasteiger partial charge is 0.216 e. The topological polar surface area (TPSA) is 17.0 Å². The van der Waals surface area contributed by atoms with Crippen LogP contribution in [0.3, 0.4) is 0 Å². The molecular weight excluding hydrogens is 445 g/mol. The highest BCUT2D eigenvalue weighted by Gasteiger charge is 2.24. The summed E-state index contributed by atoms with van der Waals surface area (Å²) >= 11 is 0. The number of benzene rings is 5. The molecule has 7 rings (SSSR count). The summed E-state index contributed by atoms with van der Waals surface area (Å²) in [7, 11) is 2.02. The minimum absolute atomic E-state index is 0.273. The lowest BCUT2D eigenvalue weighted by Crippen LogP contribution is -2.30. The van der Waals surface area contributed by atoms with Crippen molar-refractivity contribution in [1.29, 1.82) is 0 Å². The van der Waals surface area contributed by atoms with Crippen molar-refractivity contribution < 1.29 is 13.4 Å². The van der Waals surface area contributed by atoms with E-state index < -0.39 is 0 Å². The average Bonchev–Trinajstić information content (AvgIpc) is 3.30. The predicted molar refractivity (Wildman–Crippen MR) is 145 cm³/mol. The molecule has 2 nitrogen and oxygen atoms in total. The molecule has 0 spiro atoms. The van der Waals surface area contributed by atoms with Crippen molar-refractivity contribution in [2.45, 2.75) is 6.92 Å². The number of aromatic nitrogens is 1. The molecule has 0 atom stereocenters. The van der Waals surface area contributed by atoms with Crippen molar-refractivity contribution in [1.82, 2.24) is 0 Å². The van der Waals surface area contributed by atoms with Gasteiger partial charge < -0.3 is 4.42 Å². The Bertz CT molecular complexity index is 1980. The Hall–Kier alpha value is -4.50. The fourth-order valence-electron chi connectivity index (χ4n) is 5.59. The SMILES string of the molecule is Cc1ccc2c(oc3c(-c4cc5ccccc5c5ccccc45)ccc(F)c32)c1-c1cccc[n+]1C. The second-order valence-corrected chi connectivity index (χ2v) is 9.42. The summed E-state index contributed by atoms with van der Waals surface area (Å²) in [5, 5.41) is 5.96. The number of hydrogen-bond acceptors (Lipinski definition) is 1. The first-order valence-corrected chi connectivity index (χ1v) is 12.1. The van der Waals surface area contributed by atoms with Crippen molar-refractivity contribution in [2.75, 3.05) is 0 Å². The van der Waals surface area contributed by atoms with Gasteiger partial charge in [0.05, 0.1) is 10.9 Å². The van der Waals surface area contributed by atoms with Gasteiger partial charge in [-0.15, -0.1) is 0 Å². The second kappa shape index (κ2) is 7.76. The molecule has 7 aromatic rings. The molecule has 0 aliphatic rings. The van der Waals surface area contributed by atoms with Gasteiger partial charge in [0.2, 0.25) is 5.69 Å². The summed E-state index contributed by atoms with van der Waals surface area (Å²) in [5.74, 6) is -0.273. The summed E-state index contributed by atoms with van der Waals surface area (Å²) < 4.78 is 24.2. The zero-order valence-corrected chi connectivity index (χ0v) is 20.0. The summed E-state index contributed by atoms with van der Waals surface area (Å²) in [6.45, 7) is 2.07. The van der Waals surface area contributed by atoms with Crippen molar-refractivity contribution in [3.05, 3.63) is 115 Å². The highest BCUT2D eigenvalue weighted by atomic mass is 19.1. The Morgan fingerprint density at radius 2 is 1.42 bits per heavy atom. The lowest BCUT2D eigenvalue weighted by Gasteiger charge is -2.11. The van der Waals surface area contributed by atoms with E-state index in [0.717, 1.165) is 44.1 Å². The van der Waals surface area contributed by atoms with Crippen LogP contribution in [0.2, 0.25) is 0 Å². The Labute approximate surface area is 207 Å². The van der Waals surface area contributed by atoms with Gasteiger partial charge >= 0.3 is 0 Å². The number of fused-ring (bicyclic) bond motifs is 6. The van der Waals surface area contributed by atoms with E-state index in [-0.39, 0.29) is 5.82 Å². The largest absolute Gasteiger partial charge is 0.454 e. The zero-order chi connectivity index (χ0) is 24.4. The van der Waals surface area contributed by atoms with E-state index in [0.29, 0.717) is 16.6 Å². The van der Waals surface area contributed by atoms with Crippen LogP contribution in [0, 0.1) is 12.7 Å². The van der Waals surface area contributed by atoms with Crippen molar-refractivity contribution in [3.8, 4) is 22.4 Å². The second-order valence-electron chi connectivity index (χ2n) is 9.42. The lowest BCUT2D eigenvalue weighted by atomic mass is 9.92. The molecule has 5 aromatic carbocycles. The Morgan fingerprint density at radius 1 is 0.667 bits per heavy atom. The minimum Gasteiger partial charge on any atom is -0.454 e. The molecular formula is C33H23FNO+. The molecule has 2 aromatic heterocycles. The van der Waals surface area contributed by atoms with Crippen molar-refractivity contribution in [3.63, 3.8) is 0 Å². The quantitative estimate of drug-likeness (QED) is 0.184. The molecule has 2 heterocycles. The molecule has 0 bridgehead atoms. The monoisotopic (exact) mass is 468 g/mol. The van der Waals surface area contributed by atoms with Crippen LogP contribution in [-0.2, 0) is 7.05 Å². The third-order valence-electron chi connectivity index (χ3n) is 7.32. The molecule has 0 aliphatic carbocycles. The Morgan fingerprint density at radius 3 is 2.25 bits per heavy atom. The highest BCUT2D eigenvalue weighted by molar-refractivity contribution is 6.18. The van der Waals surface area contributed by atoms with Crippen LogP contribution in [0.1, 0.15) is 5.56 Å². The Kier molecular flexibility index (Phi) is 4.49. The van der Waals surface area contributed by atoms with Gasteiger partial charge in [0.25, 0.3) is 0 Å². The van der Waals surface area contributed by atoms with Crippen LogP contribution < -0.4 is 4.57 Å². The van der Waals surface area contributed by atoms with Crippen LogP contribution in [0.25, 0.3) is 65.9 Å². The normalized spacial score (nSPS) is 11.8. The first kappa shape index (κ1) is 20.8. The third-order valence-corrected chi connectivity index (χ3v) is 7.32. The van der Waals surface area contributed by atoms with Gasteiger partial charge in [0, 0.05) is 23.1 Å². The van der Waals surface area contributed by atoms with E-state index in [1.807, 2.05) is 37.5 Å². The number of nitrogens with zero attached hydrogens (tertiary/aromatic N) is 1. The maximum atomic E-state index is 15.5. The lowest BCUT2D eigenvalue weighted by molar-refractivity contribution is -0.660. The Balaban J connectivity index is 1.63. The number of hydrogen-bond donors (Lipinski definition) is 0. The van der Waals surface area contributed by atoms with Gasteiger partial charge in [-0.1, -0.05) is 60.7 Å². The maximum Gasteiger partial charge on any atom is 0.216 e. The first-order chi connectivity index (χ1) is 17.6. The predicted octanol–water partition coefficient (Wildman–Crippen LogP) is 8.50.